The van der Waals surface area contributed by atoms with E-state index >= 15 is 0 Å². The molecule has 160 valence electrons. The van der Waals surface area contributed by atoms with Crippen LogP contribution in [0.5, 0.6) is 11.5 Å². The van der Waals surface area contributed by atoms with Gasteiger partial charge in [-0.2, -0.15) is 0 Å². The second-order valence-corrected chi connectivity index (χ2v) is 6.99. The summed E-state index contributed by atoms with van der Waals surface area (Å²) in [6.07, 6.45) is -0.591. The molecule has 3 aromatic rings. The van der Waals surface area contributed by atoms with Gasteiger partial charge in [0.2, 0.25) is 0 Å². The minimum absolute atomic E-state index is 0. The van der Waals surface area contributed by atoms with E-state index < -0.39 is 6.10 Å². The molecule has 7 heteroatoms. The Labute approximate surface area is 187 Å². The second kappa shape index (κ2) is 11.8. The summed E-state index contributed by atoms with van der Waals surface area (Å²) in [5.41, 5.74) is 2.59. The van der Waals surface area contributed by atoms with Crippen molar-refractivity contribution in [3.8, 4) is 11.5 Å². The maximum Gasteiger partial charge on any atom is 0.180 e. The number of hydrogen-bond acceptors (Lipinski definition) is 4. The van der Waals surface area contributed by atoms with Gasteiger partial charge in [-0.3, -0.25) is 0 Å². The van der Waals surface area contributed by atoms with E-state index in [1.54, 1.807) is 25.3 Å². The number of ether oxygens (including phenoxy) is 2. The van der Waals surface area contributed by atoms with Crippen molar-refractivity contribution in [2.45, 2.75) is 19.3 Å². The van der Waals surface area contributed by atoms with Crippen LogP contribution < -0.4 is 14.8 Å². The Kier molecular flexibility index (Phi) is 9.40. The molecular weight excluding hydrogens is 428 g/mol. The van der Waals surface area contributed by atoms with Gasteiger partial charge < -0.3 is 19.9 Å². The van der Waals surface area contributed by atoms with Crippen LogP contribution in [-0.4, -0.2) is 18.8 Å². The van der Waals surface area contributed by atoms with E-state index in [2.05, 4.69) is 5.32 Å². The third kappa shape index (κ3) is 6.61. The molecule has 0 aliphatic heterocycles. The molecule has 0 amide bonds. The van der Waals surface area contributed by atoms with E-state index in [4.69, 9.17) is 21.1 Å². The Morgan fingerprint density at radius 2 is 1.73 bits per heavy atom. The lowest BCUT2D eigenvalue weighted by Gasteiger charge is -2.16. The van der Waals surface area contributed by atoms with Gasteiger partial charge in [0.05, 0.1) is 18.2 Å². The van der Waals surface area contributed by atoms with E-state index in [0.717, 1.165) is 16.7 Å². The number of benzene rings is 3. The predicted molar refractivity (Wildman–Crippen MR) is 119 cm³/mol. The molecule has 0 aliphatic carbocycles. The molecule has 0 spiro atoms. The van der Waals surface area contributed by atoms with Gasteiger partial charge in [-0.25, -0.2) is 4.39 Å². The Morgan fingerprint density at radius 1 is 1.03 bits per heavy atom. The van der Waals surface area contributed by atoms with Gasteiger partial charge in [0.1, 0.15) is 12.4 Å². The standard InChI is InChI=1S/C23H23ClFNO3.ClH/c1-28-22-12-17(13-26-14-21(27)18-5-3-2-4-6-18)11-20(24)23(22)29-15-16-7-9-19(25)10-8-16;/h2-12,21,26-27H,13-15H2,1H3;1H. The number of halogens is 3. The molecule has 0 radical (unpaired) electrons. The lowest BCUT2D eigenvalue weighted by Crippen LogP contribution is -2.21. The lowest BCUT2D eigenvalue weighted by molar-refractivity contribution is 0.174. The van der Waals surface area contributed by atoms with Gasteiger partial charge in [-0.05, 0) is 41.0 Å². The summed E-state index contributed by atoms with van der Waals surface area (Å²) in [7, 11) is 1.55. The quantitative estimate of drug-likeness (QED) is 0.462. The van der Waals surface area contributed by atoms with Crippen molar-refractivity contribution in [1.82, 2.24) is 5.32 Å². The molecule has 30 heavy (non-hydrogen) atoms. The van der Waals surface area contributed by atoms with Crippen molar-refractivity contribution in [3.05, 3.63) is 94.3 Å². The number of rotatable bonds is 9. The summed E-state index contributed by atoms with van der Waals surface area (Å²) in [6.45, 7) is 1.17. The average molecular weight is 452 g/mol. The summed E-state index contributed by atoms with van der Waals surface area (Å²) < 4.78 is 24.2. The zero-order valence-electron chi connectivity index (χ0n) is 16.5. The summed E-state index contributed by atoms with van der Waals surface area (Å²) in [5.74, 6) is 0.658. The molecule has 3 aromatic carbocycles. The van der Waals surface area contributed by atoms with Gasteiger partial charge in [-0.15, -0.1) is 12.4 Å². The first-order valence-electron chi connectivity index (χ1n) is 9.24. The van der Waals surface area contributed by atoms with E-state index in [1.165, 1.54) is 12.1 Å². The summed E-state index contributed by atoms with van der Waals surface area (Å²) in [6, 6.07) is 19.2. The normalized spacial score (nSPS) is 11.5. The maximum absolute atomic E-state index is 13.0. The molecule has 0 fully saturated rings. The molecular formula is C23H24Cl2FNO3. The monoisotopic (exact) mass is 451 g/mol. The maximum atomic E-state index is 13.0. The minimum Gasteiger partial charge on any atom is -0.493 e. The van der Waals surface area contributed by atoms with Crippen LogP contribution in [0.3, 0.4) is 0 Å². The first-order chi connectivity index (χ1) is 14.1. The van der Waals surface area contributed by atoms with Crippen LogP contribution in [0.25, 0.3) is 0 Å². The van der Waals surface area contributed by atoms with Crippen LogP contribution in [-0.2, 0) is 13.2 Å². The SMILES string of the molecule is COc1cc(CNCC(O)c2ccccc2)cc(Cl)c1OCc1ccc(F)cc1.Cl. The lowest BCUT2D eigenvalue weighted by atomic mass is 10.1. The van der Waals surface area contributed by atoms with Crippen LogP contribution in [0, 0.1) is 5.82 Å². The third-order valence-corrected chi connectivity index (χ3v) is 4.72. The van der Waals surface area contributed by atoms with E-state index in [-0.39, 0.29) is 24.8 Å². The van der Waals surface area contributed by atoms with Crippen molar-refractivity contribution < 1.29 is 19.0 Å². The highest BCUT2D eigenvalue weighted by Crippen LogP contribution is 2.37. The molecule has 0 saturated heterocycles. The summed E-state index contributed by atoms with van der Waals surface area (Å²) >= 11 is 6.40. The summed E-state index contributed by atoms with van der Waals surface area (Å²) in [5, 5.41) is 13.9. The fourth-order valence-corrected chi connectivity index (χ4v) is 3.19. The van der Waals surface area contributed by atoms with Crippen molar-refractivity contribution >= 4 is 24.0 Å². The van der Waals surface area contributed by atoms with Crippen LogP contribution in [0.2, 0.25) is 5.02 Å². The topological polar surface area (TPSA) is 50.7 Å². The smallest absolute Gasteiger partial charge is 0.180 e. The molecule has 0 heterocycles. The van der Waals surface area contributed by atoms with E-state index in [0.29, 0.717) is 29.6 Å². The van der Waals surface area contributed by atoms with Gasteiger partial charge >= 0.3 is 0 Å². The van der Waals surface area contributed by atoms with Crippen LogP contribution in [0.4, 0.5) is 4.39 Å². The highest BCUT2D eigenvalue weighted by molar-refractivity contribution is 6.32. The Bertz CT molecular complexity index is 924. The Morgan fingerprint density at radius 3 is 2.40 bits per heavy atom. The van der Waals surface area contributed by atoms with Gasteiger partial charge in [-0.1, -0.05) is 54.1 Å². The zero-order valence-corrected chi connectivity index (χ0v) is 18.0. The Hall–Kier alpha value is -2.31. The van der Waals surface area contributed by atoms with Gasteiger partial charge in [0.15, 0.2) is 11.5 Å². The molecule has 1 unspecified atom stereocenters. The van der Waals surface area contributed by atoms with Crippen LogP contribution in [0.15, 0.2) is 66.7 Å². The highest BCUT2D eigenvalue weighted by atomic mass is 35.5. The average Bonchev–Trinajstić information content (AvgIpc) is 2.74. The number of hydrogen-bond donors (Lipinski definition) is 2. The fraction of sp³-hybridized carbons (Fsp3) is 0.217. The van der Waals surface area contributed by atoms with Crippen molar-refractivity contribution in [3.63, 3.8) is 0 Å². The van der Waals surface area contributed by atoms with Crippen LogP contribution >= 0.6 is 24.0 Å². The van der Waals surface area contributed by atoms with E-state index in [1.807, 2.05) is 36.4 Å². The molecule has 4 nitrogen and oxygen atoms in total. The summed E-state index contributed by atoms with van der Waals surface area (Å²) in [4.78, 5) is 0. The first kappa shape index (κ1) is 24.0. The fourth-order valence-electron chi connectivity index (χ4n) is 2.90. The number of nitrogens with one attached hydrogen (secondary N) is 1. The van der Waals surface area contributed by atoms with Gasteiger partial charge in [0.25, 0.3) is 0 Å². The predicted octanol–water partition coefficient (Wildman–Crippen LogP) is 5.31. The first-order valence-corrected chi connectivity index (χ1v) is 9.62. The minimum atomic E-state index is -0.591. The molecule has 0 saturated carbocycles. The molecule has 3 rings (SSSR count). The Balaban J connectivity index is 0.00000320. The molecule has 0 aliphatic rings. The zero-order chi connectivity index (χ0) is 20.6. The van der Waals surface area contributed by atoms with Crippen molar-refractivity contribution in [1.29, 1.82) is 0 Å². The second-order valence-electron chi connectivity index (χ2n) is 6.58. The molecule has 0 bridgehead atoms. The van der Waals surface area contributed by atoms with Gasteiger partial charge in [0, 0.05) is 13.1 Å². The number of aliphatic hydroxyl groups is 1. The van der Waals surface area contributed by atoms with Crippen LogP contribution in [0.1, 0.15) is 22.8 Å². The van der Waals surface area contributed by atoms with Crippen molar-refractivity contribution in [2.24, 2.45) is 0 Å². The third-order valence-electron chi connectivity index (χ3n) is 4.44. The molecule has 0 aromatic heterocycles. The largest absolute Gasteiger partial charge is 0.493 e. The van der Waals surface area contributed by atoms with E-state index in [9.17, 15) is 9.50 Å². The molecule has 1 atom stereocenters. The number of methoxy groups -OCH3 is 1. The molecule has 2 N–H and O–H groups in total. The van der Waals surface area contributed by atoms with Crippen molar-refractivity contribution in [2.75, 3.05) is 13.7 Å². The number of aliphatic hydroxyl groups excluding tert-OH is 1. The highest BCUT2D eigenvalue weighted by Gasteiger charge is 2.13.